The third-order valence-corrected chi connectivity index (χ3v) is 7.44. The van der Waals surface area contributed by atoms with Crippen molar-refractivity contribution in [2.24, 2.45) is 4.36 Å². The fraction of sp³-hybridized carbons (Fsp3) is 0.226. The molecule has 4 aromatic rings. The Kier molecular flexibility index (Phi) is 12.0. The first-order valence-electron chi connectivity index (χ1n) is 14.4. The Morgan fingerprint density at radius 1 is 0.959 bits per heavy atom. The molecule has 18 heteroatoms. The molecule has 0 radical (unpaired) electrons. The lowest BCUT2D eigenvalue weighted by Gasteiger charge is -2.16. The number of hydrogen-bond acceptors (Lipinski definition) is 10. The Balaban J connectivity index is 1.52. The van der Waals surface area contributed by atoms with E-state index in [1.165, 1.54) is 30.5 Å². The van der Waals surface area contributed by atoms with Gasteiger partial charge in [-0.05, 0) is 69.0 Å². The largest absolute Gasteiger partial charge is 0.450 e. The normalized spacial score (nSPS) is 12.0. The molecule has 4 N–H and O–H groups in total. The predicted molar refractivity (Wildman–Crippen MR) is 174 cm³/mol. The van der Waals surface area contributed by atoms with E-state index in [0.29, 0.717) is 53.9 Å². The zero-order chi connectivity index (χ0) is 35.7. The molecule has 0 bridgehead atoms. The summed E-state index contributed by atoms with van der Waals surface area (Å²) in [5.74, 6) is -1.51. The second kappa shape index (κ2) is 16.2. The topological polar surface area (TPSA) is 150 Å². The fourth-order valence-electron chi connectivity index (χ4n) is 4.10. The van der Waals surface area contributed by atoms with Crippen LogP contribution in [-0.2, 0) is 25.7 Å². The lowest BCUT2D eigenvalue weighted by Crippen LogP contribution is -2.21. The number of aromatic nitrogens is 2. The molecule has 0 aliphatic rings. The van der Waals surface area contributed by atoms with E-state index in [0.717, 1.165) is 6.07 Å². The number of benzene rings is 3. The number of ether oxygens (including phenoxy) is 1. The molecule has 1 heterocycles. The second-order valence-corrected chi connectivity index (χ2v) is 11.5. The van der Waals surface area contributed by atoms with Crippen molar-refractivity contribution in [3.8, 4) is 11.1 Å². The van der Waals surface area contributed by atoms with E-state index in [1.54, 1.807) is 19.1 Å². The Morgan fingerprint density at radius 2 is 1.67 bits per heavy atom. The van der Waals surface area contributed by atoms with Crippen molar-refractivity contribution in [1.29, 1.82) is 0 Å². The Morgan fingerprint density at radius 3 is 2.33 bits per heavy atom. The molecule has 0 spiro atoms. The summed E-state index contributed by atoms with van der Waals surface area (Å²) in [7, 11) is 1.80. The maximum Gasteiger partial charge on any atom is 0.416 e. The summed E-state index contributed by atoms with van der Waals surface area (Å²) in [6, 6.07) is 10.3. The molecule has 0 unspecified atom stereocenters. The predicted octanol–water partition coefficient (Wildman–Crippen LogP) is 7.46. The lowest BCUT2D eigenvalue weighted by molar-refractivity contribution is -0.137. The van der Waals surface area contributed by atoms with E-state index in [2.05, 4.69) is 35.0 Å². The molecule has 1 aromatic heterocycles. The molecule has 49 heavy (non-hydrogen) atoms. The highest BCUT2D eigenvalue weighted by Gasteiger charge is 2.31. The zero-order valence-corrected chi connectivity index (χ0v) is 27.0. The van der Waals surface area contributed by atoms with Crippen LogP contribution >= 0.6 is 0 Å². The maximum atomic E-state index is 15.2. The number of carbonyl (C=O) groups excluding carboxylic acids is 2. The minimum absolute atomic E-state index is 0.0989. The van der Waals surface area contributed by atoms with Crippen LogP contribution in [0.25, 0.3) is 11.1 Å². The molecule has 0 saturated carbocycles. The number of anilines is 5. The fourth-order valence-corrected chi connectivity index (χ4v) is 4.76. The van der Waals surface area contributed by atoms with Gasteiger partial charge in [-0.15, -0.1) is 10.6 Å². The van der Waals surface area contributed by atoms with Crippen molar-refractivity contribution < 1.29 is 40.5 Å². The maximum absolute atomic E-state index is 15.2. The van der Waals surface area contributed by atoms with Crippen LogP contribution in [0.1, 0.15) is 12.5 Å². The van der Waals surface area contributed by atoms with Gasteiger partial charge in [0, 0.05) is 30.5 Å². The van der Waals surface area contributed by atoms with Crippen LogP contribution in [0.15, 0.2) is 76.1 Å². The summed E-state index contributed by atoms with van der Waals surface area (Å²) in [6.07, 6.45) is -4.26. The molecular formula is C31H30F5N8O4S-. The molecule has 12 nitrogen and oxygen atoms in total. The molecule has 3 aromatic carbocycles. The summed E-state index contributed by atoms with van der Waals surface area (Å²) in [5.41, 5.74) is -0.991. The van der Waals surface area contributed by atoms with Crippen molar-refractivity contribution in [3.05, 3.63) is 84.1 Å². The summed E-state index contributed by atoms with van der Waals surface area (Å²) >= 11 is 0. The van der Waals surface area contributed by atoms with Gasteiger partial charge in [0.05, 0.1) is 23.5 Å². The first-order chi connectivity index (χ1) is 23.2. The third kappa shape index (κ3) is 10.3. The minimum Gasteiger partial charge on any atom is -0.450 e. The molecule has 260 valence electrons. The summed E-state index contributed by atoms with van der Waals surface area (Å²) < 4.78 is 88.7. The number of halogens is 5. The van der Waals surface area contributed by atoms with Crippen molar-refractivity contribution in [2.45, 2.75) is 18.0 Å². The van der Waals surface area contributed by atoms with Crippen LogP contribution in [0.4, 0.5) is 60.4 Å². The highest BCUT2D eigenvalue weighted by molar-refractivity contribution is 7.75. The summed E-state index contributed by atoms with van der Waals surface area (Å²) in [5, 5.41) is 10.3. The van der Waals surface area contributed by atoms with Gasteiger partial charge in [-0.1, -0.05) is 23.1 Å². The number of likely N-dealkylation sites (N-methyl/N-ethyl adjacent to an activating group) is 1. The van der Waals surface area contributed by atoms with Gasteiger partial charge in [-0.3, -0.25) is 4.36 Å². The molecule has 4 rings (SSSR count). The van der Waals surface area contributed by atoms with Gasteiger partial charge in [0.15, 0.2) is 0 Å². The monoisotopic (exact) mass is 705 g/mol. The number of urea groups is 1. The van der Waals surface area contributed by atoms with Gasteiger partial charge < -0.3 is 35.1 Å². The smallest absolute Gasteiger partial charge is 0.416 e. The number of nitrogens with zero attached hydrogens (tertiary/aromatic N) is 4. The first kappa shape index (κ1) is 36.5. The molecule has 0 fully saturated rings. The van der Waals surface area contributed by atoms with Crippen LogP contribution in [-0.4, -0.2) is 60.8 Å². The van der Waals surface area contributed by atoms with E-state index in [4.69, 9.17) is 0 Å². The molecule has 0 aliphatic heterocycles. The van der Waals surface area contributed by atoms with E-state index >= 15 is 4.39 Å². The SMILES string of the molecule is CCOC(=O)N=[S-](=O)c1ccc(Nc2ncc(-c3ccc(NC(=O)Nc4cc(C(F)(F)F)ccc4F)c(F)c3)c(NCCN(C)C)n2)cc1. The van der Waals surface area contributed by atoms with Gasteiger partial charge in [-0.25, -0.2) is 23.4 Å². The lowest BCUT2D eigenvalue weighted by atomic mass is 10.1. The minimum atomic E-state index is -4.76. The molecule has 3 amide bonds. The highest BCUT2D eigenvalue weighted by atomic mass is 32.2. The van der Waals surface area contributed by atoms with E-state index < -0.39 is 51.8 Å². The van der Waals surface area contributed by atoms with Crippen molar-refractivity contribution >= 4 is 51.5 Å². The average molecular weight is 706 g/mol. The Bertz CT molecular complexity index is 1900. The number of alkyl halides is 3. The van der Waals surface area contributed by atoms with E-state index in [1.807, 2.05) is 24.3 Å². The summed E-state index contributed by atoms with van der Waals surface area (Å²) in [6.45, 7) is 2.78. The Labute approximate surface area is 279 Å². The Hall–Kier alpha value is -5.36. The molecule has 0 atom stereocenters. The molecule has 0 saturated heterocycles. The average Bonchev–Trinajstić information content (AvgIpc) is 3.03. The van der Waals surface area contributed by atoms with Gasteiger partial charge in [0.2, 0.25) is 5.95 Å². The second-order valence-electron chi connectivity index (χ2n) is 10.3. The summed E-state index contributed by atoms with van der Waals surface area (Å²) in [4.78, 5) is 35.0. The molecule has 0 aliphatic carbocycles. The van der Waals surface area contributed by atoms with Crippen LogP contribution < -0.4 is 21.3 Å². The van der Waals surface area contributed by atoms with Gasteiger partial charge in [-0.2, -0.15) is 18.2 Å². The van der Waals surface area contributed by atoms with Crippen LogP contribution in [0.3, 0.4) is 0 Å². The van der Waals surface area contributed by atoms with Gasteiger partial charge >= 0.3 is 18.3 Å². The number of hydrogen-bond donors (Lipinski definition) is 4. The number of rotatable bonds is 11. The zero-order valence-electron chi connectivity index (χ0n) is 26.2. The highest BCUT2D eigenvalue weighted by Crippen LogP contribution is 2.33. The first-order valence-corrected chi connectivity index (χ1v) is 15.5. The van der Waals surface area contributed by atoms with Crippen LogP contribution in [0, 0.1) is 11.6 Å². The van der Waals surface area contributed by atoms with E-state index in [-0.39, 0.29) is 23.1 Å². The quantitative estimate of drug-likeness (QED) is 0.0921. The van der Waals surface area contributed by atoms with Crippen molar-refractivity contribution in [3.63, 3.8) is 0 Å². The van der Waals surface area contributed by atoms with Crippen molar-refractivity contribution in [2.75, 3.05) is 55.1 Å². The van der Waals surface area contributed by atoms with Gasteiger partial charge in [0.1, 0.15) is 17.5 Å². The standard InChI is InChI=1S/C31H30F5N8O4S/c1-4-48-30(46)43-49(47)21-9-7-20(8-10-21)39-28-38-17-22(27(42-28)37-13-14-44(2)3)18-5-12-25(24(33)15-18)40-29(45)41-26-16-19(31(34,35)36)6-11-23(26)32/h5-12,15-17H,4,13-14H2,1-3H3,(H2,40,41,45)(H2,37,38,39,42)/q-1. The van der Waals surface area contributed by atoms with Gasteiger partial charge in [0.25, 0.3) is 0 Å². The number of carbonyl (C=O) groups is 2. The molecular weight excluding hydrogens is 675 g/mol. The third-order valence-electron chi connectivity index (χ3n) is 6.45. The number of amides is 3. The van der Waals surface area contributed by atoms with Crippen LogP contribution in [0.5, 0.6) is 0 Å². The number of nitrogens with one attached hydrogen (secondary N) is 4. The van der Waals surface area contributed by atoms with E-state index in [9.17, 15) is 31.4 Å². The van der Waals surface area contributed by atoms with Crippen molar-refractivity contribution in [1.82, 2.24) is 14.9 Å². The van der Waals surface area contributed by atoms with Crippen LogP contribution in [0.2, 0.25) is 0 Å².